The largest absolute Gasteiger partial charge is 0.481 e. The minimum absolute atomic E-state index is 0.0111. The summed E-state index contributed by atoms with van der Waals surface area (Å²) in [6.07, 6.45) is 2.21. The van der Waals surface area contributed by atoms with E-state index in [0.717, 1.165) is 57.0 Å². The molecule has 222 valence electrons. The number of hydrogen-bond acceptors (Lipinski definition) is 7. The van der Waals surface area contributed by atoms with Crippen molar-refractivity contribution in [2.45, 2.75) is 70.2 Å². The molecule has 1 unspecified atom stereocenters. The minimum atomic E-state index is -0.0111. The first-order valence-electron chi connectivity index (χ1n) is 15.4. The lowest BCUT2D eigenvalue weighted by atomic mass is 9.81. The lowest BCUT2D eigenvalue weighted by molar-refractivity contribution is -0.134. The third-order valence-corrected chi connectivity index (χ3v) is 8.83. The molecule has 3 heterocycles. The average Bonchev–Trinajstić information content (AvgIpc) is 3.84. The normalized spacial score (nSPS) is 21.4. The van der Waals surface area contributed by atoms with Gasteiger partial charge in [0.15, 0.2) is 0 Å². The molecule has 2 aliphatic heterocycles. The van der Waals surface area contributed by atoms with Crippen molar-refractivity contribution < 1.29 is 14.3 Å². The molecule has 2 aromatic carbocycles. The maximum absolute atomic E-state index is 12.5. The summed E-state index contributed by atoms with van der Waals surface area (Å²) in [5.41, 5.74) is 3.52. The van der Waals surface area contributed by atoms with Crippen molar-refractivity contribution in [3.05, 3.63) is 83.2 Å². The fraction of sp³-hybridized carbons (Fsp3) is 0.500. The van der Waals surface area contributed by atoms with E-state index in [0.29, 0.717) is 24.2 Å². The summed E-state index contributed by atoms with van der Waals surface area (Å²) in [5, 5.41) is 0. The lowest BCUT2D eigenvalue weighted by Crippen LogP contribution is -2.67. The highest BCUT2D eigenvalue weighted by Crippen LogP contribution is 2.42. The first kappa shape index (κ1) is 28.6. The first-order chi connectivity index (χ1) is 20.4. The van der Waals surface area contributed by atoms with Crippen LogP contribution in [0.3, 0.4) is 0 Å². The predicted octanol–water partition coefficient (Wildman–Crippen LogP) is 4.70. The summed E-state index contributed by atoms with van der Waals surface area (Å²) in [5.74, 6) is 2.79. The van der Waals surface area contributed by atoms with Gasteiger partial charge in [0.2, 0.25) is 17.7 Å². The van der Waals surface area contributed by atoms with Crippen molar-refractivity contribution in [1.29, 1.82) is 0 Å². The number of ether oxygens (including phenoxy) is 2. The number of benzene rings is 2. The summed E-state index contributed by atoms with van der Waals surface area (Å²) < 4.78 is 12.2. The molecule has 8 nitrogen and oxygen atoms in total. The maximum Gasteiger partial charge on any atom is 0.225 e. The SMILES string of the molecule is COc1nc(C2CC2)nc(OC(C)C)c1CN1CC(C(c2ccccc2)c2ccccc2)N2CCN(C(C)=O)C[C@H]2C1. The molecule has 1 aromatic heterocycles. The number of methoxy groups -OCH3 is 1. The minimum Gasteiger partial charge on any atom is -0.481 e. The summed E-state index contributed by atoms with van der Waals surface area (Å²) in [7, 11) is 1.69. The quantitative estimate of drug-likeness (QED) is 0.370. The Labute approximate surface area is 249 Å². The van der Waals surface area contributed by atoms with E-state index >= 15 is 0 Å². The van der Waals surface area contributed by atoms with Crippen molar-refractivity contribution >= 4 is 5.91 Å². The zero-order valence-electron chi connectivity index (χ0n) is 25.3. The molecule has 0 spiro atoms. The third kappa shape index (κ3) is 6.15. The van der Waals surface area contributed by atoms with Crippen LogP contribution in [0.15, 0.2) is 60.7 Å². The van der Waals surface area contributed by atoms with E-state index in [9.17, 15) is 4.79 Å². The second-order valence-corrected chi connectivity index (χ2v) is 12.2. The van der Waals surface area contributed by atoms with Crippen LogP contribution in [0.25, 0.3) is 0 Å². The smallest absolute Gasteiger partial charge is 0.225 e. The van der Waals surface area contributed by atoms with Crippen LogP contribution in [0.2, 0.25) is 0 Å². The Balaban J connectivity index is 1.38. The van der Waals surface area contributed by atoms with E-state index < -0.39 is 0 Å². The van der Waals surface area contributed by atoms with E-state index in [4.69, 9.17) is 19.4 Å². The Bertz CT molecular complexity index is 1320. The monoisotopic (exact) mass is 569 g/mol. The van der Waals surface area contributed by atoms with Gasteiger partial charge < -0.3 is 14.4 Å². The van der Waals surface area contributed by atoms with Gasteiger partial charge in [0.05, 0.1) is 18.8 Å². The highest BCUT2D eigenvalue weighted by Gasteiger charge is 2.43. The Morgan fingerprint density at radius 2 is 1.55 bits per heavy atom. The van der Waals surface area contributed by atoms with E-state index in [1.807, 2.05) is 18.7 Å². The maximum atomic E-state index is 12.5. The van der Waals surface area contributed by atoms with Crippen molar-refractivity contribution in [3.63, 3.8) is 0 Å². The molecule has 2 saturated heterocycles. The number of piperazine rings is 2. The highest BCUT2D eigenvalue weighted by molar-refractivity contribution is 5.73. The molecule has 1 aliphatic carbocycles. The Hall–Kier alpha value is -3.49. The van der Waals surface area contributed by atoms with E-state index in [1.54, 1.807) is 14.0 Å². The molecular weight excluding hydrogens is 526 g/mol. The van der Waals surface area contributed by atoms with Gasteiger partial charge >= 0.3 is 0 Å². The van der Waals surface area contributed by atoms with Gasteiger partial charge in [-0.05, 0) is 37.8 Å². The summed E-state index contributed by atoms with van der Waals surface area (Å²) in [6, 6.07) is 22.1. The van der Waals surface area contributed by atoms with E-state index in [2.05, 4.69) is 70.5 Å². The van der Waals surface area contributed by atoms with Crippen LogP contribution in [0.5, 0.6) is 11.8 Å². The zero-order valence-corrected chi connectivity index (χ0v) is 25.3. The van der Waals surface area contributed by atoms with Crippen LogP contribution in [0.4, 0.5) is 0 Å². The number of hydrogen-bond donors (Lipinski definition) is 0. The van der Waals surface area contributed by atoms with Gasteiger partial charge in [-0.1, -0.05) is 60.7 Å². The van der Waals surface area contributed by atoms with Crippen molar-refractivity contribution in [1.82, 2.24) is 24.7 Å². The number of carbonyl (C=O) groups is 1. The number of rotatable bonds is 9. The zero-order chi connectivity index (χ0) is 29.2. The van der Waals surface area contributed by atoms with E-state index in [1.165, 1.54) is 11.1 Å². The standard InChI is InChI=1S/C34H43N5O3/c1-23(2)42-34-29(33(41-4)35-32(36-34)27-15-16-27)21-37-19-28-20-38(24(3)40)17-18-39(28)30(22-37)31(25-11-7-5-8-12-25)26-13-9-6-10-14-26/h5-14,23,27-28,30-31H,15-22H2,1-4H3/t28-,30?/m1/s1. The molecule has 3 fully saturated rings. The second-order valence-electron chi connectivity index (χ2n) is 12.2. The molecule has 3 aliphatic rings. The second kappa shape index (κ2) is 12.4. The Morgan fingerprint density at radius 3 is 2.12 bits per heavy atom. The molecule has 0 bridgehead atoms. The average molecular weight is 570 g/mol. The van der Waals surface area contributed by atoms with Crippen LogP contribution in [0, 0.1) is 0 Å². The van der Waals surface area contributed by atoms with Crippen molar-refractivity contribution in [2.24, 2.45) is 0 Å². The third-order valence-electron chi connectivity index (χ3n) is 8.83. The number of aromatic nitrogens is 2. The fourth-order valence-electron chi connectivity index (χ4n) is 6.71. The number of amides is 1. The van der Waals surface area contributed by atoms with Crippen LogP contribution in [0.1, 0.15) is 68.0 Å². The molecule has 3 aromatic rings. The van der Waals surface area contributed by atoms with Gasteiger partial charge in [0, 0.05) is 70.1 Å². The molecule has 42 heavy (non-hydrogen) atoms. The van der Waals surface area contributed by atoms with Crippen LogP contribution in [-0.4, -0.2) is 88.6 Å². The summed E-state index contributed by atoms with van der Waals surface area (Å²) in [4.78, 5) is 29.4. The summed E-state index contributed by atoms with van der Waals surface area (Å²) >= 11 is 0. The molecule has 8 heteroatoms. The van der Waals surface area contributed by atoms with Gasteiger partial charge in [-0.15, -0.1) is 0 Å². The van der Waals surface area contributed by atoms with Crippen LogP contribution in [-0.2, 0) is 11.3 Å². The topological polar surface area (TPSA) is 71.0 Å². The molecule has 0 N–H and O–H groups in total. The van der Waals surface area contributed by atoms with Gasteiger partial charge in [0.1, 0.15) is 5.82 Å². The van der Waals surface area contributed by atoms with Gasteiger partial charge in [0.25, 0.3) is 0 Å². The molecule has 6 rings (SSSR count). The number of nitrogens with zero attached hydrogens (tertiary/aromatic N) is 5. The van der Waals surface area contributed by atoms with Crippen molar-refractivity contribution in [2.75, 3.05) is 39.8 Å². The Morgan fingerprint density at radius 1 is 0.905 bits per heavy atom. The van der Waals surface area contributed by atoms with E-state index in [-0.39, 0.29) is 30.0 Å². The van der Waals surface area contributed by atoms with Gasteiger partial charge in [-0.3, -0.25) is 14.6 Å². The number of carbonyl (C=O) groups excluding carboxylic acids is 1. The van der Waals surface area contributed by atoms with Gasteiger partial charge in [-0.2, -0.15) is 9.97 Å². The first-order valence-corrected chi connectivity index (χ1v) is 15.4. The molecule has 1 saturated carbocycles. The highest BCUT2D eigenvalue weighted by atomic mass is 16.5. The number of fused-ring (bicyclic) bond motifs is 1. The van der Waals surface area contributed by atoms with Gasteiger partial charge in [-0.25, -0.2) is 0 Å². The molecule has 2 atom stereocenters. The lowest BCUT2D eigenvalue weighted by Gasteiger charge is -2.53. The fourth-order valence-corrected chi connectivity index (χ4v) is 6.71. The molecular formula is C34H43N5O3. The predicted molar refractivity (Wildman–Crippen MR) is 163 cm³/mol. The molecule has 0 radical (unpaired) electrons. The summed E-state index contributed by atoms with van der Waals surface area (Å²) in [6.45, 7) is 10.4. The van der Waals surface area contributed by atoms with Crippen molar-refractivity contribution in [3.8, 4) is 11.8 Å². The molecule has 1 amide bonds. The Kier molecular flexibility index (Phi) is 8.45. The van der Waals surface area contributed by atoms with Crippen LogP contribution < -0.4 is 9.47 Å². The van der Waals surface area contributed by atoms with Crippen LogP contribution >= 0.6 is 0 Å².